The van der Waals surface area contributed by atoms with Gasteiger partial charge in [0.25, 0.3) is 0 Å². The molecule has 0 fully saturated rings. The first kappa shape index (κ1) is 76.6. The first-order valence-electron chi connectivity index (χ1n) is 35.9. The number of ether oxygens (including phenoxy) is 1. The molecule has 2 unspecified atom stereocenters. The number of esters is 1. The molecule has 6 nitrogen and oxygen atoms in total. The minimum atomic E-state index is -0.661. The van der Waals surface area contributed by atoms with Crippen LogP contribution in [0, 0.1) is 0 Å². The van der Waals surface area contributed by atoms with Gasteiger partial charge in [-0.2, -0.15) is 0 Å². The summed E-state index contributed by atoms with van der Waals surface area (Å²) in [6.07, 6.45) is 84.1. The van der Waals surface area contributed by atoms with Gasteiger partial charge in [0, 0.05) is 12.8 Å². The number of aliphatic hydroxyl groups excluding tert-OH is 2. The summed E-state index contributed by atoms with van der Waals surface area (Å²) in [6.45, 7) is 4.98. The van der Waals surface area contributed by atoms with Crippen LogP contribution in [0.1, 0.15) is 412 Å². The lowest BCUT2D eigenvalue weighted by Gasteiger charge is -2.22. The molecule has 0 rings (SSSR count). The van der Waals surface area contributed by atoms with Crippen molar-refractivity contribution < 1.29 is 24.5 Å². The molecular formula is C72H141NO5. The minimum Gasteiger partial charge on any atom is -0.466 e. The first-order valence-corrected chi connectivity index (χ1v) is 35.9. The van der Waals surface area contributed by atoms with Crippen molar-refractivity contribution in [3.05, 3.63) is 12.2 Å². The van der Waals surface area contributed by atoms with Crippen LogP contribution < -0.4 is 5.32 Å². The van der Waals surface area contributed by atoms with Gasteiger partial charge in [0.1, 0.15) is 0 Å². The van der Waals surface area contributed by atoms with Gasteiger partial charge in [-0.1, -0.05) is 360 Å². The maximum atomic E-state index is 12.5. The zero-order valence-corrected chi connectivity index (χ0v) is 53.2. The lowest BCUT2D eigenvalue weighted by atomic mass is 10.0. The summed E-state index contributed by atoms with van der Waals surface area (Å²) in [5.74, 6) is -0.0150. The third kappa shape index (κ3) is 63.8. The zero-order valence-electron chi connectivity index (χ0n) is 53.2. The molecule has 78 heavy (non-hydrogen) atoms. The number of carbonyl (C=O) groups is 2. The van der Waals surface area contributed by atoms with Gasteiger partial charge in [-0.15, -0.1) is 0 Å². The number of aliphatic hydroxyl groups is 2. The standard InChI is InChI=1S/C72H141NO5/c1-3-5-7-9-11-13-15-17-18-19-34-37-41-44-48-52-56-60-64-70(75)69(68-74)73-71(76)65-61-57-53-49-45-42-38-35-32-30-28-26-24-22-20-21-23-25-27-29-31-33-36-39-43-47-51-55-59-63-67-78-72(77)66-62-58-54-50-46-40-16-14-12-10-8-6-4-2/h14,16,69-70,74-75H,3-13,15,17-68H2,1-2H3,(H,73,76)/b16-14-. The van der Waals surface area contributed by atoms with Crippen LogP contribution in [0.25, 0.3) is 0 Å². The van der Waals surface area contributed by atoms with Crippen molar-refractivity contribution in [1.82, 2.24) is 5.32 Å². The fourth-order valence-corrected chi connectivity index (χ4v) is 11.6. The lowest BCUT2D eigenvalue weighted by Crippen LogP contribution is -2.45. The predicted molar refractivity (Wildman–Crippen MR) is 343 cm³/mol. The Kier molecular flexibility index (Phi) is 66.9. The monoisotopic (exact) mass is 1100 g/mol. The van der Waals surface area contributed by atoms with Crippen LogP contribution in [0.2, 0.25) is 0 Å². The molecule has 0 spiro atoms. The highest BCUT2D eigenvalue weighted by Gasteiger charge is 2.20. The van der Waals surface area contributed by atoms with Crippen molar-refractivity contribution in [3.63, 3.8) is 0 Å². The molecule has 0 aromatic carbocycles. The van der Waals surface area contributed by atoms with E-state index in [1.165, 1.54) is 334 Å². The molecule has 0 saturated carbocycles. The summed E-state index contributed by atoms with van der Waals surface area (Å²) in [4.78, 5) is 24.6. The van der Waals surface area contributed by atoms with E-state index in [0.717, 1.165) is 44.9 Å². The Labute approximate surface area is 489 Å². The Morgan fingerprint density at radius 2 is 0.603 bits per heavy atom. The van der Waals surface area contributed by atoms with Gasteiger partial charge < -0.3 is 20.3 Å². The number of allylic oxidation sites excluding steroid dienone is 2. The minimum absolute atomic E-state index is 0.0117. The molecule has 2 atom stereocenters. The van der Waals surface area contributed by atoms with Gasteiger partial charge in [0.15, 0.2) is 0 Å². The molecule has 0 aliphatic rings. The molecule has 0 aliphatic carbocycles. The molecule has 0 aliphatic heterocycles. The van der Waals surface area contributed by atoms with Crippen molar-refractivity contribution >= 4 is 11.9 Å². The van der Waals surface area contributed by atoms with Crippen LogP contribution >= 0.6 is 0 Å². The number of unbranched alkanes of at least 4 members (excludes halogenated alkanes) is 55. The summed E-state index contributed by atoms with van der Waals surface area (Å²) in [5.41, 5.74) is 0. The van der Waals surface area contributed by atoms with E-state index in [4.69, 9.17) is 4.74 Å². The normalized spacial score (nSPS) is 12.5. The zero-order chi connectivity index (χ0) is 56.4. The number of hydrogen-bond acceptors (Lipinski definition) is 5. The van der Waals surface area contributed by atoms with Crippen molar-refractivity contribution in [2.75, 3.05) is 13.2 Å². The van der Waals surface area contributed by atoms with E-state index >= 15 is 0 Å². The molecule has 1 amide bonds. The largest absolute Gasteiger partial charge is 0.466 e. The molecular weight excluding hydrogens is 959 g/mol. The van der Waals surface area contributed by atoms with Crippen molar-refractivity contribution in [3.8, 4) is 0 Å². The van der Waals surface area contributed by atoms with Crippen molar-refractivity contribution in [2.24, 2.45) is 0 Å². The van der Waals surface area contributed by atoms with Crippen LogP contribution in [0.3, 0.4) is 0 Å². The molecule has 3 N–H and O–H groups in total. The Balaban J connectivity index is 3.33. The maximum absolute atomic E-state index is 12.5. The van der Waals surface area contributed by atoms with Crippen LogP contribution in [-0.4, -0.2) is 47.4 Å². The Hall–Kier alpha value is -1.40. The maximum Gasteiger partial charge on any atom is 0.305 e. The molecule has 6 heteroatoms. The summed E-state index contributed by atoms with van der Waals surface area (Å²) in [5, 5.41) is 23.4. The molecule has 0 saturated heterocycles. The van der Waals surface area contributed by atoms with Gasteiger partial charge >= 0.3 is 5.97 Å². The molecule has 0 bridgehead atoms. The van der Waals surface area contributed by atoms with Crippen molar-refractivity contribution in [2.45, 2.75) is 424 Å². The Morgan fingerprint density at radius 3 is 0.923 bits per heavy atom. The predicted octanol–water partition coefficient (Wildman–Crippen LogP) is 23.1. The molecule has 0 aromatic heterocycles. The van der Waals surface area contributed by atoms with Gasteiger partial charge in [0.2, 0.25) is 5.91 Å². The second-order valence-corrected chi connectivity index (χ2v) is 24.9. The van der Waals surface area contributed by atoms with E-state index in [9.17, 15) is 19.8 Å². The van der Waals surface area contributed by atoms with Gasteiger partial charge in [0.05, 0.1) is 25.4 Å². The SMILES string of the molecule is CCCCCC/C=C\CCCCCCCC(=O)OCCCCCCCCCCCCCCCCCCCCCCCCCCCCCCCCC(=O)NC(CO)C(O)CCCCCCCCCCCCCCCCCCCC. The number of rotatable bonds is 68. The Morgan fingerprint density at radius 1 is 0.346 bits per heavy atom. The molecule has 0 radical (unpaired) electrons. The van der Waals surface area contributed by atoms with E-state index in [1.54, 1.807) is 0 Å². The smallest absolute Gasteiger partial charge is 0.305 e. The van der Waals surface area contributed by atoms with Crippen LogP contribution in [0.5, 0.6) is 0 Å². The summed E-state index contributed by atoms with van der Waals surface area (Å²) >= 11 is 0. The fourth-order valence-electron chi connectivity index (χ4n) is 11.6. The highest BCUT2D eigenvalue weighted by atomic mass is 16.5. The van der Waals surface area contributed by atoms with E-state index < -0.39 is 12.1 Å². The second-order valence-electron chi connectivity index (χ2n) is 24.9. The average Bonchev–Trinajstić information content (AvgIpc) is 3.44. The van der Waals surface area contributed by atoms with E-state index in [-0.39, 0.29) is 18.5 Å². The lowest BCUT2D eigenvalue weighted by molar-refractivity contribution is -0.143. The van der Waals surface area contributed by atoms with Crippen LogP contribution in [-0.2, 0) is 14.3 Å². The fraction of sp³-hybridized carbons (Fsp3) is 0.944. The van der Waals surface area contributed by atoms with E-state index in [0.29, 0.717) is 25.9 Å². The third-order valence-corrected chi connectivity index (χ3v) is 17.1. The van der Waals surface area contributed by atoms with Crippen LogP contribution in [0.4, 0.5) is 0 Å². The Bertz CT molecular complexity index is 1180. The third-order valence-electron chi connectivity index (χ3n) is 17.1. The summed E-state index contributed by atoms with van der Waals surface area (Å²) in [6, 6.07) is -0.538. The highest BCUT2D eigenvalue weighted by molar-refractivity contribution is 5.76. The molecule has 464 valence electrons. The molecule has 0 heterocycles. The topological polar surface area (TPSA) is 95.9 Å². The number of amides is 1. The van der Waals surface area contributed by atoms with Crippen LogP contribution in [0.15, 0.2) is 12.2 Å². The first-order chi connectivity index (χ1) is 38.5. The van der Waals surface area contributed by atoms with Gasteiger partial charge in [-0.05, 0) is 51.4 Å². The second kappa shape index (κ2) is 68.1. The number of carbonyl (C=O) groups excluding carboxylic acids is 2. The quantitative estimate of drug-likeness (QED) is 0.0320. The van der Waals surface area contributed by atoms with E-state index in [1.807, 2.05) is 0 Å². The number of nitrogens with one attached hydrogen (secondary N) is 1. The van der Waals surface area contributed by atoms with Crippen molar-refractivity contribution in [1.29, 1.82) is 0 Å². The van der Waals surface area contributed by atoms with E-state index in [2.05, 4.69) is 31.3 Å². The highest BCUT2D eigenvalue weighted by Crippen LogP contribution is 2.19. The molecule has 0 aromatic rings. The van der Waals surface area contributed by atoms with Gasteiger partial charge in [-0.25, -0.2) is 0 Å². The summed E-state index contributed by atoms with van der Waals surface area (Å²) < 4.78 is 5.48. The number of hydrogen-bond donors (Lipinski definition) is 3. The average molecular weight is 1100 g/mol. The summed E-state index contributed by atoms with van der Waals surface area (Å²) in [7, 11) is 0. The van der Waals surface area contributed by atoms with Gasteiger partial charge in [-0.3, -0.25) is 9.59 Å².